The molecule has 0 saturated heterocycles. The predicted molar refractivity (Wildman–Crippen MR) is 175 cm³/mol. The molecule has 0 bridgehead atoms. The number of thioether (sulfide) groups is 1. The minimum Gasteiger partial charge on any atom is -0.321 e. The molecular formula is C33H24ClFN4O3S2. The van der Waals surface area contributed by atoms with Crippen molar-refractivity contribution < 1.29 is 18.8 Å². The summed E-state index contributed by atoms with van der Waals surface area (Å²) in [6.45, 7) is 0. The smallest absolute Gasteiger partial charge is 0.272 e. The molecule has 3 amide bonds. The first-order valence-electron chi connectivity index (χ1n) is 13.2. The van der Waals surface area contributed by atoms with Crippen LogP contribution < -0.4 is 16.0 Å². The fraction of sp³-hybridized carbons (Fsp3) is 0.0303. The molecular weight excluding hydrogens is 619 g/mol. The normalized spacial score (nSPS) is 11.1. The molecule has 0 aliphatic rings. The highest BCUT2D eigenvalue weighted by atomic mass is 35.5. The van der Waals surface area contributed by atoms with Crippen molar-refractivity contribution in [2.45, 2.75) is 4.90 Å². The molecule has 44 heavy (non-hydrogen) atoms. The Kier molecular flexibility index (Phi) is 10.2. The van der Waals surface area contributed by atoms with Crippen LogP contribution in [0.2, 0.25) is 5.02 Å². The SMILES string of the molecule is O=C(CSc1cccc(NC(=O)/C(=C/c2cccc(Cl)c2)NC(=O)c2ccccc2)c1)Nc1nc(-c2ccc(F)cc2)cs1. The van der Waals surface area contributed by atoms with Crippen molar-refractivity contribution in [3.63, 3.8) is 0 Å². The molecule has 3 N–H and O–H groups in total. The van der Waals surface area contributed by atoms with Gasteiger partial charge in [0.2, 0.25) is 5.91 Å². The van der Waals surface area contributed by atoms with Gasteiger partial charge in [0, 0.05) is 32.1 Å². The summed E-state index contributed by atoms with van der Waals surface area (Å²) in [6.07, 6.45) is 1.55. The third-order valence-electron chi connectivity index (χ3n) is 6.04. The summed E-state index contributed by atoms with van der Waals surface area (Å²) in [5, 5.41) is 11.0. The van der Waals surface area contributed by atoms with Gasteiger partial charge in [0.15, 0.2) is 5.13 Å². The first-order valence-corrected chi connectivity index (χ1v) is 15.5. The molecule has 7 nitrogen and oxygen atoms in total. The van der Waals surface area contributed by atoms with E-state index in [2.05, 4.69) is 20.9 Å². The third-order valence-corrected chi connectivity index (χ3v) is 8.03. The van der Waals surface area contributed by atoms with E-state index >= 15 is 0 Å². The fourth-order valence-corrected chi connectivity index (χ4v) is 5.65. The Balaban J connectivity index is 1.22. The summed E-state index contributed by atoms with van der Waals surface area (Å²) in [5.41, 5.74) is 2.94. The lowest BCUT2D eigenvalue weighted by atomic mass is 10.1. The zero-order valence-corrected chi connectivity index (χ0v) is 25.3. The molecule has 0 unspecified atom stereocenters. The number of hydrogen-bond donors (Lipinski definition) is 3. The number of aromatic nitrogens is 1. The minimum absolute atomic E-state index is 0.0296. The number of halogens is 2. The molecule has 5 rings (SSSR count). The van der Waals surface area contributed by atoms with Gasteiger partial charge in [0.25, 0.3) is 11.8 Å². The number of carbonyl (C=O) groups is 3. The van der Waals surface area contributed by atoms with E-state index in [0.29, 0.717) is 32.7 Å². The molecule has 0 fully saturated rings. The zero-order chi connectivity index (χ0) is 30.9. The van der Waals surface area contributed by atoms with Gasteiger partial charge in [-0.2, -0.15) is 0 Å². The van der Waals surface area contributed by atoms with Crippen molar-refractivity contribution in [3.05, 3.63) is 136 Å². The van der Waals surface area contributed by atoms with E-state index in [1.54, 1.807) is 96.4 Å². The summed E-state index contributed by atoms with van der Waals surface area (Å²) in [7, 11) is 0. The molecule has 0 aliphatic heterocycles. The molecule has 0 radical (unpaired) electrons. The van der Waals surface area contributed by atoms with Crippen LogP contribution in [0.3, 0.4) is 0 Å². The van der Waals surface area contributed by atoms with Crippen LogP contribution in [0.1, 0.15) is 15.9 Å². The maximum Gasteiger partial charge on any atom is 0.272 e. The molecule has 0 aliphatic carbocycles. The van der Waals surface area contributed by atoms with Crippen molar-refractivity contribution in [1.82, 2.24) is 10.3 Å². The number of hydrogen-bond acceptors (Lipinski definition) is 6. The van der Waals surface area contributed by atoms with Gasteiger partial charge in [0.05, 0.1) is 11.4 Å². The monoisotopic (exact) mass is 642 g/mol. The van der Waals surface area contributed by atoms with Gasteiger partial charge in [-0.3, -0.25) is 14.4 Å². The Morgan fingerprint density at radius 2 is 1.66 bits per heavy atom. The maximum absolute atomic E-state index is 13.3. The van der Waals surface area contributed by atoms with E-state index in [0.717, 1.165) is 10.5 Å². The van der Waals surface area contributed by atoms with Gasteiger partial charge >= 0.3 is 0 Å². The highest BCUT2D eigenvalue weighted by Gasteiger charge is 2.16. The molecule has 4 aromatic carbocycles. The average molecular weight is 643 g/mol. The first kappa shape index (κ1) is 30.7. The number of thiazole rings is 1. The van der Waals surface area contributed by atoms with E-state index in [1.807, 2.05) is 6.07 Å². The van der Waals surface area contributed by atoms with Crippen molar-refractivity contribution in [1.29, 1.82) is 0 Å². The van der Waals surface area contributed by atoms with Crippen LogP contribution in [0.4, 0.5) is 15.2 Å². The van der Waals surface area contributed by atoms with Crippen LogP contribution in [-0.2, 0) is 9.59 Å². The molecule has 1 aromatic heterocycles. The lowest BCUT2D eigenvalue weighted by Gasteiger charge is -2.12. The second-order valence-electron chi connectivity index (χ2n) is 9.30. The lowest BCUT2D eigenvalue weighted by Crippen LogP contribution is -2.30. The average Bonchev–Trinajstić information content (AvgIpc) is 3.49. The van der Waals surface area contributed by atoms with Crippen molar-refractivity contribution in [3.8, 4) is 11.3 Å². The summed E-state index contributed by atoms with van der Waals surface area (Å²) >= 11 is 8.69. The van der Waals surface area contributed by atoms with Crippen LogP contribution in [-0.4, -0.2) is 28.5 Å². The van der Waals surface area contributed by atoms with Gasteiger partial charge in [0.1, 0.15) is 11.5 Å². The summed E-state index contributed by atoms with van der Waals surface area (Å²) in [4.78, 5) is 44.0. The Labute approximate surface area is 266 Å². The minimum atomic E-state index is -0.533. The second kappa shape index (κ2) is 14.6. The van der Waals surface area contributed by atoms with E-state index < -0.39 is 11.8 Å². The Morgan fingerprint density at radius 1 is 0.886 bits per heavy atom. The van der Waals surface area contributed by atoms with Crippen LogP contribution in [0.15, 0.2) is 119 Å². The van der Waals surface area contributed by atoms with Gasteiger partial charge < -0.3 is 16.0 Å². The van der Waals surface area contributed by atoms with Gasteiger partial charge in [-0.25, -0.2) is 9.37 Å². The van der Waals surface area contributed by atoms with E-state index in [1.165, 1.54) is 35.2 Å². The summed E-state index contributed by atoms with van der Waals surface area (Å²) < 4.78 is 13.2. The Morgan fingerprint density at radius 3 is 2.43 bits per heavy atom. The lowest BCUT2D eigenvalue weighted by molar-refractivity contribution is -0.114. The molecule has 0 saturated carbocycles. The molecule has 220 valence electrons. The quantitative estimate of drug-likeness (QED) is 0.107. The highest BCUT2D eigenvalue weighted by Crippen LogP contribution is 2.26. The molecule has 5 aromatic rings. The van der Waals surface area contributed by atoms with Gasteiger partial charge in [-0.05, 0) is 78.4 Å². The van der Waals surface area contributed by atoms with Crippen molar-refractivity contribution >= 4 is 69.3 Å². The first-order chi connectivity index (χ1) is 21.3. The molecule has 11 heteroatoms. The third kappa shape index (κ3) is 8.63. The topological polar surface area (TPSA) is 100 Å². The highest BCUT2D eigenvalue weighted by molar-refractivity contribution is 8.00. The van der Waals surface area contributed by atoms with E-state index in [-0.39, 0.29) is 23.2 Å². The standard InChI is InChI=1S/C33H24ClFN4O3S2/c34-24-9-4-6-21(16-24)17-28(37-31(41)23-7-2-1-3-8-23)32(42)36-26-10-5-11-27(18-26)43-20-30(40)39-33-38-29(19-44-33)22-12-14-25(35)15-13-22/h1-19H,20H2,(H,36,42)(H,37,41)(H,38,39,40)/b28-17-. The van der Waals surface area contributed by atoms with Crippen LogP contribution in [0, 0.1) is 5.82 Å². The molecule has 0 spiro atoms. The largest absolute Gasteiger partial charge is 0.321 e. The summed E-state index contributed by atoms with van der Waals surface area (Å²) in [6, 6.07) is 28.5. The van der Waals surface area contributed by atoms with E-state index in [9.17, 15) is 18.8 Å². The number of carbonyl (C=O) groups excluding carboxylic acids is 3. The van der Waals surface area contributed by atoms with Gasteiger partial charge in [-0.15, -0.1) is 23.1 Å². The zero-order valence-electron chi connectivity index (χ0n) is 22.9. The summed E-state index contributed by atoms with van der Waals surface area (Å²) in [5.74, 6) is -1.44. The molecule has 1 heterocycles. The van der Waals surface area contributed by atoms with Gasteiger partial charge in [-0.1, -0.05) is 48.0 Å². The van der Waals surface area contributed by atoms with E-state index in [4.69, 9.17) is 11.6 Å². The number of benzene rings is 4. The Bertz CT molecular complexity index is 1830. The van der Waals surface area contributed by atoms with Crippen LogP contribution in [0.25, 0.3) is 17.3 Å². The fourth-order valence-electron chi connectivity index (χ4n) is 3.96. The maximum atomic E-state index is 13.3. The predicted octanol–water partition coefficient (Wildman–Crippen LogP) is 7.74. The van der Waals surface area contributed by atoms with Crippen molar-refractivity contribution in [2.24, 2.45) is 0 Å². The number of amides is 3. The molecule has 0 atom stereocenters. The number of nitrogens with zero attached hydrogens (tertiary/aromatic N) is 1. The van der Waals surface area contributed by atoms with Crippen LogP contribution in [0.5, 0.6) is 0 Å². The van der Waals surface area contributed by atoms with Crippen molar-refractivity contribution in [2.75, 3.05) is 16.4 Å². The number of rotatable bonds is 10. The number of nitrogens with one attached hydrogen (secondary N) is 3. The second-order valence-corrected chi connectivity index (χ2v) is 11.6. The number of anilines is 2. The Hall–Kier alpha value is -4.77. The van der Waals surface area contributed by atoms with Crippen LogP contribution >= 0.6 is 34.7 Å².